The zero-order valence-corrected chi connectivity index (χ0v) is 7.20. The van der Waals surface area contributed by atoms with E-state index in [2.05, 4.69) is 29.0 Å². The third kappa shape index (κ3) is 1.16. The number of benzene rings is 1. The van der Waals surface area contributed by atoms with E-state index in [9.17, 15) is 0 Å². The summed E-state index contributed by atoms with van der Waals surface area (Å²) in [6.07, 6.45) is 1.87. The van der Waals surface area contributed by atoms with Gasteiger partial charge in [-0.2, -0.15) is 0 Å². The molecule has 2 nitrogen and oxygen atoms in total. The predicted molar refractivity (Wildman–Crippen MR) is 49.0 cm³/mol. The normalized spacial score (nSPS) is 10.5. The topological polar surface area (TPSA) is 25.8 Å². The summed E-state index contributed by atoms with van der Waals surface area (Å²) >= 11 is 0. The van der Waals surface area contributed by atoms with Crippen molar-refractivity contribution in [3.8, 4) is 0 Å². The van der Waals surface area contributed by atoms with Crippen LogP contribution in [0.2, 0.25) is 0 Å². The fourth-order valence-electron chi connectivity index (χ4n) is 1.25. The molecule has 2 rings (SSSR count). The van der Waals surface area contributed by atoms with Crippen molar-refractivity contribution in [2.24, 2.45) is 0 Å². The zero-order chi connectivity index (χ0) is 8.55. The molecule has 0 aliphatic rings. The summed E-state index contributed by atoms with van der Waals surface area (Å²) in [7, 11) is 0. The van der Waals surface area contributed by atoms with E-state index in [-0.39, 0.29) is 0 Å². The SMILES string of the molecule is Cc1ccc2nc(C)ncc2c1. The number of aromatic nitrogens is 2. The number of fused-ring (bicyclic) bond motifs is 1. The van der Waals surface area contributed by atoms with Crippen molar-refractivity contribution in [3.05, 3.63) is 35.8 Å². The van der Waals surface area contributed by atoms with E-state index in [1.165, 1.54) is 5.56 Å². The quantitative estimate of drug-likeness (QED) is 0.587. The Morgan fingerprint density at radius 1 is 1.17 bits per heavy atom. The maximum absolute atomic E-state index is 4.31. The van der Waals surface area contributed by atoms with Crippen molar-refractivity contribution in [2.75, 3.05) is 0 Å². The molecule has 0 radical (unpaired) electrons. The molecule has 0 saturated heterocycles. The van der Waals surface area contributed by atoms with Gasteiger partial charge >= 0.3 is 0 Å². The Morgan fingerprint density at radius 3 is 2.83 bits per heavy atom. The lowest BCUT2D eigenvalue weighted by atomic mass is 10.2. The van der Waals surface area contributed by atoms with Gasteiger partial charge in [0.1, 0.15) is 5.82 Å². The molecule has 1 heterocycles. The summed E-state index contributed by atoms with van der Waals surface area (Å²) in [5, 5.41) is 1.11. The minimum atomic E-state index is 0.825. The van der Waals surface area contributed by atoms with Crippen LogP contribution >= 0.6 is 0 Å². The summed E-state index contributed by atoms with van der Waals surface area (Å²) in [4.78, 5) is 8.44. The summed E-state index contributed by atoms with van der Waals surface area (Å²) in [6, 6.07) is 6.18. The monoisotopic (exact) mass is 158 g/mol. The molecule has 2 aromatic rings. The number of hydrogen-bond acceptors (Lipinski definition) is 2. The molecule has 1 aromatic heterocycles. The maximum atomic E-state index is 4.31. The molecule has 2 heteroatoms. The molecule has 0 fully saturated rings. The second kappa shape index (κ2) is 2.55. The Bertz CT molecular complexity index is 380. The van der Waals surface area contributed by atoms with Gasteiger partial charge in [-0.05, 0) is 26.0 Å². The Hall–Kier alpha value is -1.44. The van der Waals surface area contributed by atoms with Crippen molar-refractivity contribution in [3.63, 3.8) is 0 Å². The number of rotatable bonds is 0. The van der Waals surface area contributed by atoms with Gasteiger partial charge in [0.15, 0.2) is 0 Å². The average molecular weight is 158 g/mol. The molecule has 0 unspecified atom stereocenters. The summed E-state index contributed by atoms with van der Waals surface area (Å²) < 4.78 is 0. The van der Waals surface area contributed by atoms with Crippen LogP contribution in [-0.2, 0) is 0 Å². The molecule has 12 heavy (non-hydrogen) atoms. The van der Waals surface area contributed by atoms with Gasteiger partial charge in [-0.1, -0.05) is 11.6 Å². The van der Waals surface area contributed by atoms with E-state index >= 15 is 0 Å². The fraction of sp³-hybridized carbons (Fsp3) is 0.200. The van der Waals surface area contributed by atoms with Gasteiger partial charge < -0.3 is 0 Å². The summed E-state index contributed by atoms with van der Waals surface area (Å²) in [5.41, 5.74) is 2.27. The largest absolute Gasteiger partial charge is 0.241 e. The Kier molecular flexibility index (Phi) is 1.54. The molecule has 0 spiro atoms. The number of nitrogens with zero attached hydrogens (tertiary/aromatic N) is 2. The van der Waals surface area contributed by atoms with Crippen LogP contribution in [0.1, 0.15) is 11.4 Å². The Labute approximate surface area is 71.3 Å². The van der Waals surface area contributed by atoms with E-state index in [1.807, 2.05) is 19.2 Å². The third-order valence-corrected chi connectivity index (χ3v) is 1.86. The second-order valence-electron chi connectivity index (χ2n) is 2.98. The molecule has 0 atom stereocenters. The van der Waals surface area contributed by atoms with Crippen molar-refractivity contribution >= 4 is 10.9 Å². The summed E-state index contributed by atoms with van der Waals surface area (Å²) in [6.45, 7) is 3.97. The maximum Gasteiger partial charge on any atom is 0.125 e. The minimum Gasteiger partial charge on any atom is -0.241 e. The van der Waals surface area contributed by atoms with Gasteiger partial charge in [-0.15, -0.1) is 0 Å². The van der Waals surface area contributed by atoms with Crippen molar-refractivity contribution in [1.29, 1.82) is 0 Å². The van der Waals surface area contributed by atoms with Crippen LogP contribution in [0.25, 0.3) is 10.9 Å². The van der Waals surface area contributed by atoms with Gasteiger partial charge in [0.05, 0.1) is 5.52 Å². The highest BCUT2D eigenvalue weighted by molar-refractivity contribution is 5.78. The van der Waals surface area contributed by atoms with Gasteiger partial charge in [-0.25, -0.2) is 9.97 Å². The van der Waals surface area contributed by atoms with Crippen LogP contribution in [0, 0.1) is 13.8 Å². The van der Waals surface area contributed by atoms with Crippen LogP contribution in [0.3, 0.4) is 0 Å². The molecule has 0 aliphatic carbocycles. The van der Waals surface area contributed by atoms with Gasteiger partial charge in [0.2, 0.25) is 0 Å². The molecule has 60 valence electrons. The van der Waals surface area contributed by atoms with E-state index in [0.29, 0.717) is 0 Å². The van der Waals surface area contributed by atoms with Gasteiger partial charge in [-0.3, -0.25) is 0 Å². The van der Waals surface area contributed by atoms with Crippen molar-refractivity contribution in [2.45, 2.75) is 13.8 Å². The van der Waals surface area contributed by atoms with Crippen LogP contribution in [0.4, 0.5) is 0 Å². The first-order valence-corrected chi connectivity index (χ1v) is 3.96. The van der Waals surface area contributed by atoms with Crippen LogP contribution in [-0.4, -0.2) is 9.97 Å². The van der Waals surface area contributed by atoms with E-state index in [0.717, 1.165) is 16.7 Å². The Morgan fingerprint density at radius 2 is 2.00 bits per heavy atom. The number of hydrogen-bond donors (Lipinski definition) is 0. The highest BCUT2D eigenvalue weighted by Gasteiger charge is 1.95. The molecule has 0 bridgehead atoms. The summed E-state index contributed by atoms with van der Waals surface area (Å²) in [5.74, 6) is 0.825. The van der Waals surface area contributed by atoms with Crippen molar-refractivity contribution in [1.82, 2.24) is 9.97 Å². The second-order valence-corrected chi connectivity index (χ2v) is 2.98. The molecule has 0 amide bonds. The molecule has 0 saturated carbocycles. The van der Waals surface area contributed by atoms with Crippen LogP contribution < -0.4 is 0 Å². The highest BCUT2D eigenvalue weighted by atomic mass is 14.9. The lowest BCUT2D eigenvalue weighted by Crippen LogP contribution is -1.87. The lowest BCUT2D eigenvalue weighted by molar-refractivity contribution is 1.09. The first-order chi connectivity index (χ1) is 5.75. The first kappa shape index (κ1) is 7.22. The smallest absolute Gasteiger partial charge is 0.125 e. The third-order valence-electron chi connectivity index (χ3n) is 1.86. The van der Waals surface area contributed by atoms with Crippen molar-refractivity contribution < 1.29 is 0 Å². The van der Waals surface area contributed by atoms with E-state index in [1.54, 1.807) is 0 Å². The van der Waals surface area contributed by atoms with E-state index < -0.39 is 0 Å². The fourth-order valence-corrected chi connectivity index (χ4v) is 1.25. The van der Waals surface area contributed by atoms with Crippen LogP contribution in [0.15, 0.2) is 24.4 Å². The highest BCUT2D eigenvalue weighted by Crippen LogP contribution is 2.11. The van der Waals surface area contributed by atoms with E-state index in [4.69, 9.17) is 0 Å². The Balaban J connectivity index is 2.79. The predicted octanol–water partition coefficient (Wildman–Crippen LogP) is 2.25. The van der Waals surface area contributed by atoms with Gasteiger partial charge in [0.25, 0.3) is 0 Å². The number of aryl methyl sites for hydroxylation is 2. The lowest BCUT2D eigenvalue weighted by Gasteiger charge is -1.98. The zero-order valence-electron chi connectivity index (χ0n) is 7.20. The van der Waals surface area contributed by atoms with Gasteiger partial charge in [0, 0.05) is 11.6 Å². The average Bonchev–Trinajstić information content (AvgIpc) is 2.05. The molecule has 0 aliphatic heterocycles. The molecular formula is C10H10N2. The molecule has 1 aromatic carbocycles. The molecule has 0 N–H and O–H groups in total. The molecular weight excluding hydrogens is 148 g/mol. The van der Waals surface area contributed by atoms with Crippen LogP contribution in [0.5, 0.6) is 0 Å². The minimum absolute atomic E-state index is 0.825. The standard InChI is InChI=1S/C10H10N2/c1-7-3-4-10-9(5-7)6-11-8(2)12-10/h3-6H,1-2H3. The first-order valence-electron chi connectivity index (χ1n) is 3.96.